The van der Waals surface area contributed by atoms with Crippen LogP contribution in [0.2, 0.25) is 0 Å². The summed E-state index contributed by atoms with van der Waals surface area (Å²) in [6.07, 6.45) is 0. The molecule has 0 unspecified atom stereocenters. The van der Waals surface area contributed by atoms with Gasteiger partial charge < -0.3 is 15.0 Å². The number of nitrogens with zero attached hydrogens (tertiary/aromatic N) is 2. The molecular formula is C12H18IN3O. The quantitative estimate of drug-likeness (QED) is 0.664. The minimum Gasteiger partial charge on any atom is -0.492 e. The van der Waals surface area contributed by atoms with E-state index in [-0.39, 0.29) is 24.0 Å². The zero-order valence-electron chi connectivity index (χ0n) is 9.93. The summed E-state index contributed by atoms with van der Waals surface area (Å²) >= 11 is 0. The molecule has 5 heteroatoms. The number of halogens is 1. The molecule has 0 fully saturated rings. The van der Waals surface area contributed by atoms with Crippen molar-refractivity contribution in [2.75, 3.05) is 33.3 Å². The van der Waals surface area contributed by atoms with Crippen molar-refractivity contribution in [3.05, 3.63) is 30.3 Å². The van der Waals surface area contributed by atoms with Crippen LogP contribution in [0.3, 0.4) is 0 Å². The monoisotopic (exact) mass is 347 g/mol. The Morgan fingerprint density at radius 2 is 2.12 bits per heavy atom. The van der Waals surface area contributed by atoms with E-state index in [4.69, 9.17) is 4.74 Å². The average molecular weight is 347 g/mol. The van der Waals surface area contributed by atoms with Gasteiger partial charge in [0.2, 0.25) is 0 Å². The number of aliphatic imine (C=N–C) groups is 1. The van der Waals surface area contributed by atoms with Crippen LogP contribution in [0, 0.1) is 0 Å². The molecular weight excluding hydrogens is 329 g/mol. The maximum atomic E-state index is 5.57. The Hall–Kier alpha value is -0.980. The van der Waals surface area contributed by atoms with E-state index < -0.39 is 0 Å². The third-order valence-electron chi connectivity index (χ3n) is 2.46. The lowest BCUT2D eigenvalue weighted by Crippen LogP contribution is -2.37. The molecule has 0 atom stereocenters. The van der Waals surface area contributed by atoms with Crippen LogP contribution in [0.15, 0.2) is 35.3 Å². The smallest absolute Gasteiger partial charge is 0.193 e. The summed E-state index contributed by atoms with van der Waals surface area (Å²) < 4.78 is 5.57. The predicted octanol–water partition coefficient (Wildman–Crippen LogP) is 1.57. The first-order valence-corrected chi connectivity index (χ1v) is 5.53. The van der Waals surface area contributed by atoms with Crippen LogP contribution in [0.1, 0.15) is 0 Å². The van der Waals surface area contributed by atoms with Gasteiger partial charge in [0.15, 0.2) is 5.96 Å². The summed E-state index contributed by atoms with van der Waals surface area (Å²) in [5, 5.41) is 3.25. The highest BCUT2D eigenvalue weighted by atomic mass is 127. The predicted molar refractivity (Wildman–Crippen MR) is 80.3 cm³/mol. The lowest BCUT2D eigenvalue weighted by atomic mass is 10.3. The van der Waals surface area contributed by atoms with E-state index >= 15 is 0 Å². The molecule has 1 aromatic carbocycles. The Morgan fingerprint density at radius 3 is 2.76 bits per heavy atom. The Morgan fingerprint density at radius 1 is 1.35 bits per heavy atom. The molecule has 17 heavy (non-hydrogen) atoms. The summed E-state index contributed by atoms with van der Waals surface area (Å²) in [5.74, 6) is 1.88. The number of benzene rings is 1. The molecule has 94 valence electrons. The second-order valence-electron chi connectivity index (χ2n) is 3.72. The Labute approximate surface area is 119 Å². The van der Waals surface area contributed by atoms with E-state index in [1.165, 1.54) is 0 Å². The molecule has 1 aliphatic heterocycles. The zero-order chi connectivity index (χ0) is 11.2. The summed E-state index contributed by atoms with van der Waals surface area (Å²) in [7, 11) is 2.04. The fourth-order valence-corrected chi connectivity index (χ4v) is 1.57. The van der Waals surface area contributed by atoms with E-state index in [1.54, 1.807) is 0 Å². The summed E-state index contributed by atoms with van der Waals surface area (Å²) in [4.78, 5) is 6.45. The first kappa shape index (κ1) is 14.1. The lowest BCUT2D eigenvalue weighted by Gasteiger charge is -2.15. The third kappa shape index (κ3) is 4.41. The Balaban J connectivity index is 0.00000144. The third-order valence-corrected chi connectivity index (χ3v) is 2.46. The number of hydrogen-bond donors (Lipinski definition) is 1. The fourth-order valence-electron chi connectivity index (χ4n) is 1.57. The molecule has 1 aliphatic rings. The second-order valence-corrected chi connectivity index (χ2v) is 3.72. The minimum atomic E-state index is 0. The van der Waals surface area contributed by atoms with Crippen molar-refractivity contribution >= 4 is 29.9 Å². The van der Waals surface area contributed by atoms with E-state index in [1.807, 2.05) is 37.4 Å². The van der Waals surface area contributed by atoms with Gasteiger partial charge in [-0.25, -0.2) is 0 Å². The summed E-state index contributed by atoms with van der Waals surface area (Å²) in [6.45, 7) is 3.31. The van der Waals surface area contributed by atoms with E-state index in [2.05, 4.69) is 15.2 Å². The SMILES string of the molecule is CN1CCN=C1NCCOc1ccccc1.I. The van der Waals surface area contributed by atoms with Crippen LogP contribution < -0.4 is 10.1 Å². The van der Waals surface area contributed by atoms with Gasteiger partial charge in [-0.2, -0.15) is 0 Å². The normalized spacial score (nSPS) is 13.9. The van der Waals surface area contributed by atoms with Crippen molar-refractivity contribution in [1.82, 2.24) is 10.2 Å². The molecule has 4 nitrogen and oxygen atoms in total. The number of rotatable bonds is 4. The van der Waals surface area contributed by atoms with Gasteiger partial charge in [-0.3, -0.25) is 4.99 Å². The van der Waals surface area contributed by atoms with Crippen molar-refractivity contribution in [2.45, 2.75) is 0 Å². The molecule has 1 heterocycles. The second kappa shape index (κ2) is 7.37. The summed E-state index contributed by atoms with van der Waals surface area (Å²) in [6, 6.07) is 9.83. The van der Waals surface area contributed by atoms with Crippen LogP contribution in [-0.4, -0.2) is 44.1 Å². The van der Waals surface area contributed by atoms with Crippen LogP contribution in [0.4, 0.5) is 0 Å². The van der Waals surface area contributed by atoms with Crippen LogP contribution in [0.25, 0.3) is 0 Å². The van der Waals surface area contributed by atoms with E-state index in [9.17, 15) is 0 Å². The minimum absolute atomic E-state index is 0. The molecule has 0 saturated carbocycles. The van der Waals surface area contributed by atoms with Gasteiger partial charge in [-0.1, -0.05) is 18.2 Å². The first-order chi connectivity index (χ1) is 7.86. The number of nitrogens with one attached hydrogen (secondary N) is 1. The first-order valence-electron chi connectivity index (χ1n) is 5.53. The molecule has 2 rings (SSSR count). The standard InChI is InChI=1S/C12H17N3O.HI/c1-15-9-7-13-12(15)14-8-10-16-11-5-3-2-4-6-11;/h2-6H,7-10H2,1H3,(H,13,14);1H. The molecule has 0 spiro atoms. The van der Waals surface area contributed by atoms with Crippen molar-refractivity contribution < 1.29 is 4.74 Å². The number of guanidine groups is 1. The molecule has 0 saturated heterocycles. The van der Waals surface area contributed by atoms with Crippen molar-refractivity contribution in [1.29, 1.82) is 0 Å². The molecule has 1 aromatic rings. The highest BCUT2D eigenvalue weighted by Gasteiger charge is 2.10. The lowest BCUT2D eigenvalue weighted by molar-refractivity contribution is 0.320. The van der Waals surface area contributed by atoms with Gasteiger partial charge in [0.25, 0.3) is 0 Å². The van der Waals surface area contributed by atoms with Crippen molar-refractivity contribution in [2.24, 2.45) is 4.99 Å². The maximum Gasteiger partial charge on any atom is 0.193 e. The van der Waals surface area contributed by atoms with Crippen molar-refractivity contribution in [3.63, 3.8) is 0 Å². The summed E-state index contributed by atoms with van der Waals surface area (Å²) in [5.41, 5.74) is 0. The Kier molecular flexibility index (Phi) is 6.10. The van der Waals surface area contributed by atoms with Gasteiger partial charge in [-0.05, 0) is 12.1 Å². The fraction of sp³-hybridized carbons (Fsp3) is 0.417. The highest BCUT2D eigenvalue weighted by molar-refractivity contribution is 14.0. The van der Waals surface area contributed by atoms with Gasteiger partial charge in [0, 0.05) is 13.6 Å². The molecule has 0 aromatic heterocycles. The van der Waals surface area contributed by atoms with Crippen LogP contribution >= 0.6 is 24.0 Å². The van der Waals surface area contributed by atoms with Crippen LogP contribution in [-0.2, 0) is 0 Å². The molecule has 0 amide bonds. The van der Waals surface area contributed by atoms with Gasteiger partial charge >= 0.3 is 0 Å². The van der Waals surface area contributed by atoms with Crippen LogP contribution in [0.5, 0.6) is 5.75 Å². The number of likely N-dealkylation sites (N-methyl/N-ethyl adjacent to an activating group) is 1. The number of ether oxygens (including phenoxy) is 1. The topological polar surface area (TPSA) is 36.9 Å². The highest BCUT2D eigenvalue weighted by Crippen LogP contribution is 2.07. The largest absolute Gasteiger partial charge is 0.492 e. The molecule has 0 aliphatic carbocycles. The number of para-hydroxylation sites is 1. The number of hydrogen-bond acceptors (Lipinski definition) is 4. The molecule has 0 bridgehead atoms. The Bertz CT molecular complexity index is 356. The van der Waals surface area contributed by atoms with Crippen molar-refractivity contribution in [3.8, 4) is 5.75 Å². The molecule has 0 radical (unpaired) electrons. The average Bonchev–Trinajstić information content (AvgIpc) is 2.72. The maximum absolute atomic E-state index is 5.57. The zero-order valence-corrected chi connectivity index (χ0v) is 12.3. The van der Waals surface area contributed by atoms with Gasteiger partial charge in [0.05, 0.1) is 13.1 Å². The van der Waals surface area contributed by atoms with Gasteiger partial charge in [-0.15, -0.1) is 24.0 Å². The van der Waals surface area contributed by atoms with E-state index in [0.717, 1.165) is 31.3 Å². The molecule has 1 N–H and O–H groups in total. The van der Waals surface area contributed by atoms with E-state index in [0.29, 0.717) is 6.61 Å². The van der Waals surface area contributed by atoms with Gasteiger partial charge in [0.1, 0.15) is 12.4 Å².